The second-order valence-corrected chi connectivity index (χ2v) is 6.83. The first kappa shape index (κ1) is 17.9. The zero-order valence-electron chi connectivity index (χ0n) is 12.1. The lowest BCUT2D eigenvalue weighted by Crippen LogP contribution is -2.24. The van der Waals surface area contributed by atoms with Crippen molar-refractivity contribution in [2.75, 3.05) is 0 Å². The summed E-state index contributed by atoms with van der Waals surface area (Å²) in [5.41, 5.74) is -4.62. The van der Waals surface area contributed by atoms with Crippen LogP contribution in [-0.2, 0) is 0 Å². The summed E-state index contributed by atoms with van der Waals surface area (Å²) in [6, 6.07) is 1.63. The topological polar surface area (TPSA) is 161 Å². The Morgan fingerprint density at radius 3 is 1.35 bits per heavy atom. The number of carbonyl (C=O) groups is 2. The van der Waals surface area contributed by atoms with Crippen molar-refractivity contribution >= 4 is 54.8 Å². The Hall–Kier alpha value is -2.86. The van der Waals surface area contributed by atoms with E-state index in [1.165, 1.54) is 0 Å². The van der Waals surface area contributed by atoms with Gasteiger partial charge < -0.3 is 10.2 Å². The van der Waals surface area contributed by atoms with Gasteiger partial charge in [-0.2, -0.15) is 0 Å². The van der Waals surface area contributed by atoms with Crippen molar-refractivity contribution in [1.82, 2.24) is 0 Å². The molecule has 3 rings (SSSR count). The number of rotatable bonds is 2. The van der Waals surface area contributed by atoms with Crippen molar-refractivity contribution in [2.45, 2.75) is 0 Å². The first-order valence-corrected chi connectivity index (χ1v) is 8.15. The van der Waals surface area contributed by atoms with Gasteiger partial charge in [0.15, 0.2) is 0 Å². The van der Waals surface area contributed by atoms with Crippen molar-refractivity contribution in [3.05, 3.63) is 63.6 Å². The molecule has 0 bridgehead atoms. The van der Waals surface area contributed by atoms with Crippen LogP contribution in [0, 0.1) is 20.2 Å². The summed E-state index contributed by atoms with van der Waals surface area (Å²) in [5.74, 6) is -3.88. The number of hydrogen-bond acceptors (Lipinski definition) is 8. The molecule has 0 aromatic heterocycles. The number of benzene rings is 2. The molecule has 1 aliphatic rings. The number of halogens is 2. The van der Waals surface area contributed by atoms with E-state index in [1.54, 1.807) is 0 Å². The Bertz CT molecular complexity index is 998. The molecule has 10 nitrogen and oxygen atoms in total. The highest BCUT2D eigenvalue weighted by Gasteiger charge is 2.44. The summed E-state index contributed by atoms with van der Waals surface area (Å²) >= 11 is 5.71. The van der Waals surface area contributed by atoms with Gasteiger partial charge in [-0.3, -0.25) is 29.8 Å². The molecule has 0 radical (unpaired) electrons. The predicted octanol–water partition coefficient (Wildman–Crippen LogP) is 3.21. The number of ketones is 2. The highest BCUT2D eigenvalue weighted by atomic mass is 79.9. The number of nitrogens with zero attached hydrogens (tertiary/aromatic N) is 2. The van der Waals surface area contributed by atoms with Crippen LogP contribution in [0.3, 0.4) is 0 Å². The average molecular weight is 488 g/mol. The van der Waals surface area contributed by atoms with Gasteiger partial charge in [0.2, 0.25) is 11.6 Å². The van der Waals surface area contributed by atoms with Crippen molar-refractivity contribution < 1.29 is 29.6 Å². The van der Waals surface area contributed by atoms with E-state index < -0.39 is 66.5 Å². The Morgan fingerprint density at radius 2 is 1.04 bits per heavy atom. The number of aromatic hydroxyl groups is 2. The molecule has 12 heteroatoms. The SMILES string of the molecule is O=C1c2c([N+](=O)[O-])cc(Br)c(O)c2C(=O)c2c(O)c(Br)cc([N+](=O)[O-])c21. The molecular weight excluding hydrogens is 484 g/mol. The Morgan fingerprint density at radius 1 is 0.731 bits per heavy atom. The third kappa shape index (κ3) is 2.29. The third-order valence-corrected chi connectivity index (χ3v) is 4.98. The van der Waals surface area contributed by atoms with E-state index in [2.05, 4.69) is 31.9 Å². The zero-order chi connectivity index (χ0) is 19.5. The van der Waals surface area contributed by atoms with Gasteiger partial charge >= 0.3 is 0 Å². The van der Waals surface area contributed by atoms with Crippen LogP contribution in [0.1, 0.15) is 31.8 Å². The van der Waals surface area contributed by atoms with Crippen molar-refractivity contribution in [3.8, 4) is 11.5 Å². The van der Waals surface area contributed by atoms with Crippen LogP contribution in [-0.4, -0.2) is 31.6 Å². The number of carbonyl (C=O) groups excluding carboxylic acids is 2. The Labute approximate surface area is 159 Å². The van der Waals surface area contributed by atoms with Gasteiger partial charge in [0.1, 0.15) is 22.6 Å². The standard InChI is InChI=1S/C14H4Br2N2O8/c15-3-1-5(17(23)24)7-9(11(3)19)14(22)10-8(13(7)21)6(18(25)26)2-4(16)12(10)20/h1-2,19-20H. The third-order valence-electron chi connectivity index (χ3n) is 3.77. The van der Waals surface area contributed by atoms with E-state index in [4.69, 9.17) is 0 Å². The number of fused-ring (bicyclic) bond motifs is 2. The lowest BCUT2D eigenvalue weighted by Gasteiger charge is -2.20. The minimum absolute atomic E-state index is 0.225. The largest absolute Gasteiger partial charge is 0.506 e. The minimum atomic E-state index is -1.22. The van der Waals surface area contributed by atoms with Gasteiger partial charge in [0, 0.05) is 12.1 Å². The molecule has 0 heterocycles. The molecule has 0 amide bonds. The molecule has 2 aromatic rings. The van der Waals surface area contributed by atoms with Crippen LogP contribution >= 0.6 is 31.9 Å². The van der Waals surface area contributed by atoms with Crippen LogP contribution in [0.25, 0.3) is 0 Å². The summed E-state index contributed by atoms with van der Waals surface area (Å²) in [6.07, 6.45) is 0. The predicted molar refractivity (Wildman–Crippen MR) is 91.8 cm³/mol. The maximum atomic E-state index is 12.8. The molecule has 1 aliphatic carbocycles. The summed E-state index contributed by atoms with van der Waals surface area (Å²) < 4.78 is -0.451. The number of phenols is 2. The quantitative estimate of drug-likeness (QED) is 0.411. The maximum Gasteiger partial charge on any atom is 0.282 e. The number of hydrogen-bond donors (Lipinski definition) is 2. The van der Waals surface area contributed by atoms with E-state index in [0.29, 0.717) is 0 Å². The van der Waals surface area contributed by atoms with Crippen LogP contribution in [0.4, 0.5) is 11.4 Å². The molecule has 0 atom stereocenters. The fraction of sp³-hybridized carbons (Fsp3) is 0. The molecule has 0 unspecified atom stereocenters. The van der Waals surface area contributed by atoms with Crippen LogP contribution in [0.5, 0.6) is 11.5 Å². The summed E-state index contributed by atoms with van der Waals surface area (Å²) in [5, 5.41) is 42.8. The van der Waals surface area contributed by atoms with Crippen LogP contribution in [0.2, 0.25) is 0 Å². The lowest BCUT2D eigenvalue weighted by atomic mass is 9.81. The monoisotopic (exact) mass is 486 g/mol. The van der Waals surface area contributed by atoms with Crippen molar-refractivity contribution in [1.29, 1.82) is 0 Å². The molecule has 2 aromatic carbocycles. The number of phenolic OH excluding ortho intramolecular Hbond substituents is 2. The van der Waals surface area contributed by atoms with E-state index in [9.17, 15) is 40.0 Å². The van der Waals surface area contributed by atoms with Gasteiger partial charge in [0.05, 0.1) is 29.9 Å². The summed E-state index contributed by atoms with van der Waals surface area (Å²) in [6.45, 7) is 0. The van der Waals surface area contributed by atoms with Gasteiger partial charge in [-0.15, -0.1) is 0 Å². The molecule has 0 spiro atoms. The summed E-state index contributed by atoms with van der Waals surface area (Å²) in [4.78, 5) is 46.3. The average Bonchev–Trinajstić information content (AvgIpc) is 2.56. The van der Waals surface area contributed by atoms with Crippen LogP contribution in [0.15, 0.2) is 21.1 Å². The van der Waals surface area contributed by atoms with Gasteiger partial charge in [-0.05, 0) is 31.9 Å². The van der Waals surface area contributed by atoms with Crippen LogP contribution < -0.4 is 0 Å². The van der Waals surface area contributed by atoms with Gasteiger partial charge in [-0.25, -0.2) is 0 Å². The fourth-order valence-corrected chi connectivity index (χ4v) is 3.52. The van der Waals surface area contributed by atoms with E-state index in [0.717, 1.165) is 12.1 Å². The molecule has 0 aliphatic heterocycles. The highest BCUT2D eigenvalue weighted by molar-refractivity contribution is 9.11. The fourth-order valence-electron chi connectivity index (χ4n) is 2.69. The highest BCUT2D eigenvalue weighted by Crippen LogP contribution is 2.47. The molecule has 132 valence electrons. The van der Waals surface area contributed by atoms with Crippen molar-refractivity contribution in [2.24, 2.45) is 0 Å². The minimum Gasteiger partial charge on any atom is -0.506 e. The molecule has 0 fully saturated rings. The Kier molecular flexibility index (Phi) is 4.04. The first-order valence-electron chi connectivity index (χ1n) is 6.57. The molecule has 0 saturated carbocycles. The van der Waals surface area contributed by atoms with Gasteiger partial charge in [-0.1, -0.05) is 0 Å². The normalized spacial score (nSPS) is 12.5. The Balaban J connectivity index is 2.54. The molecular formula is C14H4Br2N2O8. The van der Waals surface area contributed by atoms with Gasteiger partial charge in [0.25, 0.3) is 11.4 Å². The molecule has 2 N–H and O–H groups in total. The number of nitro groups is 2. The maximum absolute atomic E-state index is 12.8. The second-order valence-electron chi connectivity index (χ2n) is 5.12. The van der Waals surface area contributed by atoms with E-state index in [-0.39, 0.29) is 8.95 Å². The zero-order valence-corrected chi connectivity index (χ0v) is 15.3. The molecule has 26 heavy (non-hydrogen) atoms. The first-order chi connectivity index (χ1) is 12.1. The lowest BCUT2D eigenvalue weighted by molar-refractivity contribution is -0.385. The smallest absolute Gasteiger partial charge is 0.282 e. The number of nitro benzene ring substituents is 2. The second kappa shape index (κ2) is 5.85. The van der Waals surface area contributed by atoms with Crippen molar-refractivity contribution in [3.63, 3.8) is 0 Å². The van der Waals surface area contributed by atoms with E-state index >= 15 is 0 Å². The summed E-state index contributed by atoms with van der Waals surface area (Å²) in [7, 11) is 0. The molecule has 0 saturated heterocycles. The van der Waals surface area contributed by atoms with E-state index in [1.807, 2.05) is 0 Å².